The van der Waals surface area contributed by atoms with Crippen molar-refractivity contribution in [3.63, 3.8) is 0 Å². The van der Waals surface area contributed by atoms with E-state index < -0.39 is 0 Å². The lowest BCUT2D eigenvalue weighted by Gasteiger charge is -2.29. The fraction of sp³-hybridized carbons (Fsp3) is 0.261. The van der Waals surface area contributed by atoms with Gasteiger partial charge in [0.2, 0.25) is 0 Å². The Bertz CT molecular complexity index is 1080. The number of thiazole rings is 1. The maximum atomic E-state index is 12.8. The monoisotopic (exact) mass is 422 g/mol. The predicted octanol–water partition coefficient (Wildman–Crippen LogP) is 3.92. The van der Waals surface area contributed by atoms with Crippen LogP contribution in [0.5, 0.6) is 5.75 Å². The van der Waals surface area contributed by atoms with Crippen LogP contribution in [-0.4, -0.2) is 43.5 Å². The highest BCUT2D eigenvalue weighted by Gasteiger charge is 2.28. The van der Waals surface area contributed by atoms with Gasteiger partial charge in [0, 0.05) is 30.0 Å². The summed E-state index contributed by atoms with van der Waals surface area (Å²) in [4.78, 5) is 31.5. The van der Waals surface area contributed by atoms with Crippen LogP contribution in [0, 0.1) is 6.92 Å². The average Bonchev–Trinajstić information content (AvgIpc) is 3.23. The van der Waals surface area contributed by atoms with E-state index in [1.165, 1.54) is 4.90 Å². The van der Waals surface area contributed by atoms with Gasteiger partial charge >= 0.3 is 0 Å². The van der Waals surface area contributed by atoms with Gasteiger partial charge in [0.1, 0.15) is 5.75 Å². The standard InChI is InChI=1S/C23H22N2O4S/c1-15-3-5-16(6-4-15)20(26)12-25-19-11-17(7-8-21(19)29-13-23(25)27)18-14-30-22(24-18)9-10-28-2/h3-8,11,14H,9-10,12-13H2,1-2H3. The molecular weight excluding hydrogens is 400 g/mol. The van der Waals surface area contributed by atoms with Gasteiger partial charge < -0.3 is 9.47 Å². The molecule has 0 bridgehead atoms. The van der Waals surface area contributed by atoms with E-state index in [0.29, 0.717) is 23.6 Å². The summed E-state index contributed by atoms with van der Waals surface area (Å²) in [5.41, 5.74) is 3.96. The minimum absolute atomic E-state index is 0.0299. The van der Waals surface area contributed by atoms with Crippen LogP contribution < -0.4 is 9.64 Å². The van der Waals surface area contributed by atoms with Crippen molar-refractivity contribution in [2.75, 3.05) is 31.8 Å². The normalized spacial score (nSPS) is 13.1. The molecular formula is C23H22N2O4S. The van der Waals surface area contributed by atoms with Gasteiger partial charge in [-0.3, -0.25) is 14.5 Å². The van der Waals surface area contributed by atoms with Crippen LogP contribution in [0.3, 0.4) is 0 Å². The third-order valence-corrected chi connectivity index (χ3v) is 5.85. The third kappa shape index (κ3) is 4.27. The second kappa shape index (κ2) is 8.77. The minimum Gasteiger partial charge on any atom is -0.482 e. The molecule has 1 aromatic heterocycles. The van der Waals surface area contributed by atoms with Gasteiger partial charge in [0.05, 0.1) is 29.5 Å². The SMILES string of the molecule is COCCc1nc(-c2ccc3c(c2)N(CC(=O)c2ccc(C)cc2)C(=O)CO3)cs1. The Morgan fingerprint density at radius 3 is 2.80 bits per heavy atom. The Labute approximate surface area is 179 Å². The van der Waals surface area contributed by atoms with E-state index in [-0.39, 0.29) is 24.8 Å². The number of hydrogen-bond acceptors (Lipinski definition) is 6. The summed E-state index contributed by atoms with van der Waals surface area (Å²) < 4.78 is 10.7. The van der Waals surface area contributed by atoms with E-state index in [1.54, 1.807) is 30.6 Å². The summed E-state index contributed by atoms with van der Waals surface area (Å²) in [5, 5.41) is 2.98. The summed E-state index contributed by atoms with van der Waals surface area (Å²) >= 11 is 1.58. The second-order valence-electron chi connectivity index (χ2n) is 7.11. The first-order valence-corrected chi connectivity index (χ1v) is 10.5. The Balaban J connectivity index is 1.61. The van der Waals surface area contributed by atoms with E-state index in [2.05, 4.69) is 4.98 Å². The fourth-order valence-corrected chi connectivity index (χ4v) is 4.05. The lowest BCUT2D eigenvalue weighted by Crippen LogP contribution is -2.42. The second-order valence-corrected chi connectivity index (χ2v) is 8.05. The van der Waals surface area contributed by atoms with E-state index in [4.69, 9.17) is 9.47 Å². The maximum Gasteiger partial charge on any atom is 0.265 e. The molecule has 0 radical (unpaired) electrons. The number of fused-ring (bicyclic) bond motifs is 1. The Kier molecular flexibility index (Phi) is 5.92. The zero-order valence-electron chi connectivity index (χ0n) is 16.9. The lowest BCUT2D eigenvalue weighted by molar-refractivity contribution is -0.121. The Hall–Kier alpha value is -3.03. The molecule has 1 amide bonds. The molecule has 154 valence electrons. The molecule has 1 aliphatic rings. The van der Waals surface area contributed by atoms with Crippen LogP contribution >= 0.6 is 11.3 Å². The number of hydrogen-bond donors (Lipinski definition) is 0. The number of rotatable bonds is 7. The largest absolute Gasteiger partial charge is 0.482 e. The number of ketones is 1. The number of Topliss-reactive ketones (excluding diaryl/α,β-unsaturated/α-hetero) is 1. The molecule has 0 saturated heterocycles. The minimum atomic E-state index is -0.237. The van der Waals surface area contributed by atoms with Gasteiger partial charge in [-0.2, -0.15) is 0 Å². The van der Waals surface area contributed by atoms with E-state index in [1.807, 2.05) is 42.6 Å². The van der Waals surface area contributed by atoms with Crippen LogP contribution in [0.1, 0.15) is 20.9 Å². The van der Waals surface area contributed by atoms with Crippen molar-refractivity contribution in [1.82, 2.24) is 4.98 Å². The van der Waals surface area contributed by atoms with Gasteiger partial charge in [-0.25, -0.2) is 4.98 Å². The molecule has 0 fully saturated rings. The molecule has 6 nitrogen and oxygen atoms in total. The topological polar surface area (TPSA) is 68.7 Å². The summed E-state index contributed by atoms with van der Waals surface area (Å²) in [6.07, 6.45) is 0.755. The molecule has 0 spiro atoms. The maximum absolute atomic E-state index is 12.8. The van der Waals surface area contributed by atoms with Gasteiger partial charge in [-0.15, -0.1) is 11.3 Å². The van der Waals surface area contributed by atoms with Crippen LogP contribution in [0.4, 0.5) is 5.69 Å². The van der Waals surface area contributed by atoms with Gasteiger partial charge in [-0.1, -0.05) is 29.8 Å². The van der Waals surface area contributed by atoms with Crippen molar-refractivity contribution < 1.29 is 19.1 Å². The molecule has 0 N–H and O–H groups in total. The number of benzene rings is 2. The number of methoxy groups -OCH3 is 1. The molecule has 2 aromatic carbocycles. The highest BCUT2D eigenvalue weighted by atomic mass is 32.1. The third-order valence-electron chi connectivity index (χ3n) is 4.94. The number of nitrogens with zero attached hydrogens (tertiary/aromatic N) is 2. The predicted molar refractivity (Wildman–Crippen MR) is 116 cm³/mol. The van der Waals surface area contributed by atoms with Crippen molar-refractivity contribution in [2.24, 2.45) is 0 Å². The van der Waals surface area contributed by atoms with E-state index in [9.17, 15) is 9.59 Å². The summed E-state index contributed by atoms with van der Waals surface area (Å²) in [5.74, 6) is 0.237. The zero-order valence-corrected chi connectivity index (χ0v) is 17.7. The number of carbonyl (C=O) groups is 2. The molecule has 7 heteroatoms. The molecule has 0 aliphatic carbocycles. The lowest BCUT2D eigenvalue weighted by atomic mass is 10.1. The zero-order chi connectivity index (χ0) is 21.1. The smallest absolute Gasteiger partial charge is 0.265 e. The fourth-order valence-electron chi connectivity index (χ4n) is 3.26. The molecule has 4 rings (SSSR count). The van der Waals surface area contributed by atoms with Gasteiger partial charge in [-0.05, 0) is 25.1 Å². The summed E-state index contributed by atoms with van der Waals surface area (Å²) in [7, 11) is 1.67. The van der Waals surface area contributed by atoms with E-state index in [0.717, 1.165) is 28.2 Å². The van der Waals surface area contributed by atoms with Crippen molar-refractivity contribution >= 4 is 28.7 Å². The molecule has 0 unspecified atom stereocenters. The highest BCUT2D eigenvalue weighted by molar-refractivity contribution is 7.09. The van der Waals surface area contributed by atoms with Crippen LogP contribution in [0.2, 0.25) is 0 Å². The number of anilines is 1. The summed E-state index contributed by atoms with van der Waals surface area (Å²) in [6, 6.07) is 13.0. The number of aryl methyl sites for hydroxylation is 1. The van der Waals surface area contributed by atoms with Crippen LogP contribution in [0.15, 0.2) is 47.8 Å². The molecule has 1 aliphatic heterocycles. The Morgan fingerprint density at radius 1 is 1.23 bits per heavy atom. The Morgan fingerprint density at radius 2 is 2.03 bits per heavy atom. The number of ether oxygens (including phenoxy) is 2. The molecule has 0 atom stereocenters. The van der Waals surface area contributed by atoms with Crippen molar-refractivity contribution in [3.8, 4) is 17.0 Å². The molecule has 0 saturated carbocycles. The number of carbonyl (C=O) groups excluding carboxylic acids is 2. The molecule has 2 heterocycles. The number of amides is 1. The first-order valence-electron chi connectivity index (χ1n) is 9.66. The van der Waals surface area contributed by atoms with Gasteiger partial charge in [0.15, 0.2) is 12.4 Å². The summed E-state index contributed by atoms with van der Waals surface area (Å²) in [6.45, 7) is 2.48. The van der Waals surface area contributed by atoms with E-state index >= 15 is 0 Å². The quantitative estimate of drug-likeness (QED) is 0.540. The average molecular weight is 423 g/mol. The van der Waals surface area contributed by atoms with Crippen molar-refractivity contribution in [3.05, 3.63) is 64.0 Å². The first kappa shape index (κ1) is 20.3. The first-order chi connectivity index (χ1) is 14.5. The molecule has 3 aromatic rings. The van der Waals surface area contributed by atoms with Crippen LogP contribution in [-0.2, 0) is 16.0 Å². The van der Waals surface area contributed by atoms with Gasteiger partial charge in [0.25, 0.3) is 5.91 Å². The van der Waals surface area contributed by atoms with Crippen LogP contribution in [0.25, 0.3) is 11.3 Å². The van der Waals surface area contributed by atoms with Crippen molar-refractivity contribution in [2.45, 2.75) is 13.3 Å². The van der Waals surface area contributed by atoms with Crippen molar-refractivity contribution in [1.29, 1.82) is 0 Å². The molecule has 30 heavy (non-hydrogen) atoms. The number of aromatic nitrogens is 1. The highest BCUT2D eigenvalue weighted by Crippen LogP contribution is 2.36.